The number of hydrogen-bond donors (Lipinski definition) is 1. The smallest absolute Gasteiger partial charge is 0.335 e. The van der Waals surface area contributed by atoms with Gasteiger partial charge in [-0.15, -0.1) is 0 Å². The Morgan fingerprint density at radius 2 is 1.66 bits per heavy atom. The number of urea groups is 1. The summed E-state index contributed by atoms with van der Waals surface area (Å²) in [6.45, 7) is 0.581. The molecule has 1 aliphatic rings. The van der Waals surface area contributed by atoms with Gasteiger partial charge in [0.25, 0.3) is 11.8 Å². The number of fused-ring (bicyclic) bond motifs is 1. The third kappa shape index (κ3) is 4.29. The zero-order chi connectivity index (χ0) is 24.5. The van der Waals surface area contributed by atoms with Crippen LogP contribution in [0, 0.1) is 0 Å². The zero-order valence-electron chi connectivity index (χ0n) is 18.7. The highest BCUT2D eigenvalue weighted by Gasteiger charge is 2.37. The molecule has 1 aliphatic heterocycles. The number of amides is 4. The minimum atomic E-state index is -0.799. The number of carbonyl (C=O) groups is 3. The van der Waals surface area contributed by atoms with Gasteiger partial charge in [-0.25, -0.2) is 9.69 Å². The van der Waals surface area contributed by atoms with Crippen molar-refractivity contribution >= 4 is 52.1 Å². The molecule has 1 N–H and O–H groups in total. The molecular weight excluding hydrogens is 466 g/mol. The number of nitrogens with zero attached hydrogens (tertiary/aromatic N) is 2. The first kappa shape index (κ1) is 22.4. The largest absolute Gasteiger partial charge is 0.497 e. The quantitative estimate of drug-likeness (QED) is 0.318. The fraction of sp³-hybridized carbons (Fsp3) is 0.0741. The Morgan fingerprint density at radius 1 is 0.943 bits per heavy atom. The summed E-state index contributed by atoms with van der Waals surface area (Å²) in [6.07, 6.45) is 3.42. The summed E-state index contributed by atoms with van der Waals surface area (Å²) in [5.41, 5.74) is 2.89. The second-order valence-corrected chi connectivity index (χ2v) is 8.45. The standard InChI is InChI=1S/C27H20ClN3O4/c1-35-21-12-10-20(11-13-21)31-26(33)23(25(32)29-27(31)34)14-18-16-30(24-5-3-2-4-22(18)24)15-17-6-8-19(28)9-7-17/h2-14,16H,15H2,1H3,(H,29,32,34)/b23-14-. The number of imide groups is 2. The van der Waals surface area contributed by atoms with E-state index in [0.29, 0.717) is 28.6 Å². The molecule has 0 unspecified atom stereocenters. The predicted molar refractivity (Wildman–Crippen MR) is 134 cm³/mol. The molecule has 8 heteroatoms. The lowest BCUT2D eigenvalue weighted by atomic mass is 10.1. The van der Waals surface area contributed by atoms with Gasteiger partial charge in [0.1, 0.15) is 11.3 Å². The summed E-state index contributed by atoms with van der Waals surface area (Å²) >= 11 is 6.01. The monoisotopic (exact) mass is 485 g/mol. The van der Waals surface area contributed by atoms with Gasteiger partial charge >= 0.3 is 6.03 Å². The number of hydrogen-bond acceptors (Lipinski definition) is 4. The molecule has 1 saturated heterocycles. The lowest BCUT2D eigenvalue weighted by Gasteiger charge is -2.26. The number of anilines is 1. The summed E-state index contributed by atoms with van der Waals surface area (Å²) < 4.78 is 7.18. The van der Waals surface area contributed by atoms with E-state index in [9.17, 15) is 14.4 Å². The van der Waals surface area contributed by atoms with E-state index < -0.39 is 17.8 Å². The summed E-state index contributed by atoms with van der Waals surface area (Å²) in [6, 6.07) is 20.9. The number of nitrogens with one attached hydrogen (secondary N) is 1. The SMILES string of the molecule is COc1ccc(N2C(=O)NC(=O)/C(=C/c3cn(Cc4ccc(Cl)cc4)c4ccccc34)C2=O)cc1. The molecule has 0 spiro atoms. The molecule has 0 aliphatic carbocycles. The topological polar surface area (TPSA) is 80.6 Å². The van der Waals surface area contributed by atoms with Gasteiger partial charge in [0.05, 0.1) is 12.8 Å². The number of benzene rings is 3. The van der Waals surface area contributed by atoms with Crippen molar-refractivity contribution in [1.29, 1.82) is 0 Å². The molecule has 3 aromatic carbocycles. The van der Waals surface area contributed by atoms with Gasteiger partial charge in [-0.3, -0.25) is 14.9 Å². The molecule has 174 valence electrons. The third-order valence-corrected chi connectivity index (χ3v) is 6.07. The molecule has 1 aromatic heterocycles. The molecular formula is C27H20ClN3O4. The third-order valence-electron chi connectivity index (χ3n) is 5.82. The summed E-state index contributed by atoms with van der Waals surface area (Å²) in [5.74, 6) is -0.850. The molecule has 2 heterocycles. The number of barbiturate groups is 1. The number of aromatic nitrogens is 1. The predicted octanol–water partition coefficient (Wildman–Crippen LogP) is 5.02. The minimum absolute atomic E-state index is 0.130. The van der Waals surface area contributed by atoms with E-state index in [1.807, 2.05) is 59.3 Å². The average Bonchev–Trinajstić information content (AvgIpc) is 3.20. The highest BCUT2D eigenvalue weighted by Crippen LogP contribution is 2.28. The van der Waals surface area contributed by atoms with Crippen LogP contribution in [0.4, 0.5) is 10.5 Å². The van der Waals surface area contributed by atoms with Crippen molar-refractivity contribution < 1.29 is 19.1 Å². The Labute approximate surface area is 206 Å². The Bertz CT molecular complexity index is 1490. The molecule has 1 fully saturated rings. The van der Waals surface area contributed by atoms with Crippen molar-refractivity contribution in [3.05, 3.63) is 101 Å². The number of carbonyl (C=O) groups excluding carboxylic acids is 3. The number of rotatable bonds is 5. The lowest BCUT2D eigenvalue weighted by Crippen LogP contribution is -2.54. The van der Waals surface area contributed by atoms with Crippen LogP contribution >= 0.6 is 11.6 Å². The van der Waals surface area contributed by atoms with E-state index in [1.165, 1.54) is 13.2 Å². The molecule has 4 amide bonds. The minimum Gasteiger partial charge on any atom is -0.497 e. The van der Waals surface area contributed by atoms with Crippen molar-refractivity contribution in [3.8, 4) is 5.75 Å². The van der Waals surface area contributed by atoms with Gasteiger partial charge in [-0.05, 0) is 54.1 Å². The van der Waals surface area contributed by atoms with Crippen LogP contribution in [0.1, 0.15) is 11.1 Å². The molecule has 0 atom stereocenters. The molecule has 0 saturated carbocycles. The Kier molecular flexibility index (Phi) is 5.84. The Balaban J connectivity index is 1.54. The van der Waals surface area contributed by atoms with Gasteiger partial charge in [0.2, 0.25) is 0 Å². The number of methoxy groups -OCH3 is 1. The molecule has 35 heavy (non-hydrogen) atoms. The van der Waals surface area contributed by atoms with Crippen LogP contribution in [0.15, 0.2) is 84.6 Å². The summed E-state index contributed by atoms with van der Waals surface area (Å²) in [4.78, 5) is 39.4. The molecule has 5 rings (SSSR count). The van der Waals surface area contributed by atoms with E-state index in [1.54, 1.807) is 24.3 Å². The Hall–Kier alpha value is -4.36. The van der Waals surface area contributed by atoms with Crippen LogP contribution in [0.3, 0.4) is 0 Å². The van der Waals surface area contributed by atoms with E-state index in [0.717, 1.165) is 21.4 Å². The van der Waals surface area contributed by atoms with Crippen LogP contribution in [0.25, 0.3) is 17.0 Å². The van der Waals surface area contributed by atoms with Gasteiger partial charge < -0.3 is 9.30 Å². The van der Waals surface area contributed by atoms with Gasteiger partial charge in [0.15, 0.2) is 0 Å². The van der Waals surface area contributed by atoms with E-state index in [4.69, 9.17) is 16.3 Å². The van der Waals surface area contributed by atoms with Gasteiger partial charge in [0, 0.05) is 34.2 Å². The van der Waals surface area contributed by atoms with Crippen LogP contribution < -0.4 is 15.0 Å². The van der Waals surface area contributed by atoms with Gasteiger partial charge in [-0.1, -0.05) is 41.9 Å². The highest BCUT2D eigenvalue weighted by atomic mass is 35.5. The van der Waals surface area contributed by atoms with Crippen molar-refractivity contribution in [3.63, 3.8) is 0 Å². The molecule has 0 radical (unpaired) electrons. The van der Waals surface area contributed by atoms with E-state index in [2.05, 4.69) is 5.32 Å². The first-order chi connectivity index (χ1) is 16.9. The fourth-order valence-corrected chi connectivity index (χ4v) is 4.21. The second-order valence-electron chi connectivity index (χ2n) is 8.01. The first-order valence-corrected chi connectivity index (χ1v) is 11.2. The van der Waals surface area contributed by atoms with Crippen LogP contribution in [-0.4, -0.2) is 29.5 Å². The average molecular weight is 486 g/mol. The number of ether oxygens (including phenoxy) is 1. The van der Waals surface area contributed by atoms with Crippen molar-refractivity contribution in [1.82, 2.24) is 9.88 Å². The van der Waals surface area contributed by atoms with Crippen LogP contribution in [-0.2, 0) is 16.1 Å². The maximum Gasteiger partial charge on any atom is 0.335 e. The maximum absolute atomic E-state index is 13.3. The zero-order valence-corrected chi connectivity index (χ0v) is 19.5. The molecule has 0 bridgehead atoms. The van der Waals surface area contributed by atoms with E-state index >= 15 is 0 Å². The van der Waals surface area contributed by atoms with Crippen LogP contribution in [0.5, 0.6) is 5.75 Å². The highest BCUT2D eigenvalue weighted by molar-refractivity contribution is 6.39. The molecule has 4 aromatic rings. The summed E-state index contributed by atoms with van der Waals surface area (Å²) in [7, 11) is 1.52. The second kappa shape index (κ2) is 9.12. The van der Waals surface area contributed by atoms with E-state index in [-0.39, 0.29) is 5.57 Å². The number of halogens is 1. The Morgan fingerprint density at radius 3 is 2.37 bits per heavy atom. The molecule has 7 nitrogen and oxygen atoms in total. The van der Waals surface area contributed by atoms with Crippen LogP contribution in [0.2, 0.25) is 5.02 Å². The van der Waals surface area contributed by atoms with Gasteiger partial charge in [-0.2, -0.15) is 0 Å². The van der Waals surface area contributed by atoms with Crippen molar-refractivity contribution in [2.75, 3.05) is 12.0 Å². The summed E-state index contributed by atoms with van der Waals surface area (Å²) in [5, 5.41) is 3.80. The first-order valence-electron chi connectivity index (χ1n) is 10.8. The number of para-hydroxylation sites is 1. The fourth-order valence-electron chi connectivity index (χ4n) is 4.09. The lowest BCUT2D eigenvalue weighted by molar-refractivity contribution is -0.122. The maximum atomic E-state index is 13.3. The normalized spacial score (nSPS) is 15.1. The van der Waals surface area contributed by atoms with Crippen molar-refractivity contribution in [2.45, 2.75) is 6.54 Å². The van der Waals surface area contributed by atoms with Crippen molar-refractivity contribution in [2.24, 2.45) is 0 Å².